The number of halogens is 1. The maximum atomic E-state index is 11.7. The molecule has 1 rings (SSSR count). The van der Waals surface area contributed by atoms with Crippen LogP contribution >= 0.6 is 27.3 Å². The van der Waals surface area contributed by atoms with Crippen molar-refractivity contribution in [2.24, 2.45) is 5.92 Å². The normalized spacial score (nSPS) is 11.9. The zero-order valence-electron chi connectivity index (χ0n) is 10.1. The molecule has 18 heavy (non-hydrogen) atoms. The number of hydrogen-bond acceptors (Lipinski definition) is 3. The van der Waals surface area contributed by atoms with Crippen LogP contribution in [0.4, 0.5) is 4.79 Å². The maximum Gasteiger partial charge on any atom is 0.317 e. The Morgan fingerprint density at radius 1 is 1.61 bits per heavy atom. The Labute approximate surface area is 118 Å². The van der Waals surface area contributed by atoms with Crippen LogP contribution in [-0.4, -0.2) is 35.6 Å². The largest absolute Gasteiger partial charge is 0.481 e. The molecular weight excluding hydrogens is 320 g/mol. The van der Waals surface area contributed by atoms with Gasteiger partial charge in [0, 0.05) is 20.1 Å². The number of urea groups is 1. The maximum absolute atomic E-state index is 11.7. The van der Waals surface area contributed by atoms with Crippen molar-refractivity contribution < 1.29 is 14.7 Å². The lowest BCUT2D eigenvalue weighted by molar-refractivity contribution is -0.141. The first-order chi connectivity index (χ1) is 8.41. The summed E-state index contributed by atoms with van der Waals surface area (Å²) in [4.78, 5) is 23.8. The number of rotatable bonds is 5. The lowest BCUT2D eigenvalue weighted by Crippen LogP contribution is -2.40. The highest BCUT2D eigenvalue weighted by Crippen LogP contribution is 2.22. The summed E-state index contributed by atoms with van der Waals surface area (Å²) in [7, 11) is 1.58. The molecule has 2 N–H and O–H groups in total. The number of hydrogen-bond donors (Lipinski definition) is 2. The van der Waals surface area contributed by atoms with Gasteiger partial charge in [-0.3, -0.25) is 4.79 Å². The first-order valence-electron chi connectivity index (χ1n) is 5.35. The summed E-state index contributed by atoms with van der Waals surface area (Å²) in [6.45, 7) is 2.18. The number of nitrogens with zero attached hydrogens (tertiary/aromatic N) is 1. The number of amides is 2. The molecule has 100 valence electrons. The fourth-order valence-corrected chi connectivity index (χ4v) is 2.56. The van der Waals surface area contributed by atoms with E-state index in [-0.39, 0.29) is 12.6 Å². The van der Waals surface area contributed by atoms with E-state index >= 15 is 0 Å². The molecule has 0 saturated heterocycles. The highest BCUT2D eigenvalue weighted by molar-refractivity contribution is 9.11. The second kappa shape index (κ2) is 6.75. The number of thiophene rings is 1. The Hall–Kier alpha value is -1.08. The predicted molar refractivity (Wildman–Crippen MR) is 73.7 cm³/mol. The molecule has 0 radical (unpaired) electrons. The molecule has 1 heterocycles. The molecule has 0 aliphatic rings. The minimum absolute atomic E-state index is 0.186. The van der Waals surface area contributed by atoms with Crippen LogP contribution in [0.5, 0.6) is 0 Å². The van der Waals surface area contributed by atoms with E-state index in [1.807, 2.05) is 11.4 Å². The first kappa shape index (κ1) is 15.0. The van der Waals surface area contributed by atoms with Gasteiger partial charge >= 0.3 is 12.0 Å². The number of carboxylic acids is 1. The average Bonchev–Trinajstić information content (AvgIpc) is 2.71. The SMILES string of the molecule is CC(CN(C)C(=O)NCc1ccsc1Br)C(=O)O. The average molecular weight is 335 g/mol. The highest BCUT2D eigenvalue weighted by atomic mass is 79.9. The van der Waals surface area contributed by atoms with E-state index in [4.69, 9.17) is 5.11 Å². The van der Waals surface area contributed by atoms with Crippen LogP contribution in [0.3, 0.4) is 0 Å². The molecule has 2 amide bonds. The van der Waals surface area contributed by atoms with Crippen molar-refractivity contribution in [2.45, 2.75) is 13.5 Å². The zero-order chi connectivity index (χ0) is 13.7. The molecule has 0 aliphatic heterocycles. The molecule has 0 spiro atoms. The Morgan fingerprint density at radius 2 is 2.28 bits per heavy atom. The van der Waals surface area contributed by atoms with E-state index in [1.54, 1.807) is 25.3 Å². The Kier molecular flexibility index (Phi) is 5.61. The van der Waals surface area contributed by atoms with Crippen LogP contribution in [-0.2, 0) is 11.3 Å². The minimum Gasteiger partial charge on any atom is -0.481 e. The summed E-state index contributed by atoms with van der Waals surface area (Å²) in [5.74, 6) is -1.48. The molecule has 5 nitrogen and oxygen atoms in total. The lowest BCUT2D eigenvalue weighted by Gasteiger charge is -2.19. The van der Waals surface area contributed by atoms with Crippen LogP contribution in [0.1, 0.15) is 12.5 Å². The number of aliphatic carboxylic acids is 1. The van der Waals surface area contributed by atoms with E-state index in [1.165, 1.54) is 4.90 Å². The number of nitrogens with one attached hydrogen (secondary N) is 1. The van der Waals surface area contributed by atoms with E-state index < -0.39 is 11.9 Å². The molecule has 1 unspecified atom stereocenters. The van der Waals surface area contributed by atoms with Gasteiger partial charge in [0.1, 0.15) is 0 Å². The zero-order valence-corrected chi connectivity index (χ0v) is 12.5. The van der Waals surface area contributed by atoms with Crippen LogP contribution in [0.2, 0.25) is 0 Å². The third-order valence-corrected chi connectivity index (χ3v) is 4.25. The van der Waals surface area contributed by atoms with Gasteiger partial charge < -0.3 is 15.3 Å². The number of carboxylic acid groups (broad SMARTS) is 1. The van der Waals surface area contributed by atoms with E-state index in [2.05, 4.69) is 21.2 Å². The van der Waals surface area contributed by atoms with Crippen molar-refractivity contribution in [3.8, 4) is 0 Å². The highest BCUT2D eigenvalue weighted by Gasteiger charge is 2.17. The molecule has 1 aromatic heterocycles. The standard InChI is InChI=1S/C11H15BrN2O3S/c1-7(10(15)16)6-14(2)11(17)13-5-8-3-4-18-9(8)12/h3-4,7H,5-6H2,1-2H3,(H,13,17)(H,15,16). The van der Waals surface area contributed by atoms with Crippen molar-refractivity contribution >= 4 is 39.3 Å². The molecule has 1 aromatic rings. The molecule has 0 aromatic carbocycles. The summed E-state index contributed by atoms with van der Waals surface area (Å²) in [5.41, 5.74) is 1.01. The van der Waals surface area contributed by atoms with Crippen molar-refractivity contribution in [2.75, 3.05) is 13.6 Å². The Bertz CT molecular complexity index is 436. The van der Waals surface area contributed by atoms with Gasteiger partial charge in [-0.15, -0.1) is 11.3 Å². The summed E-state index contributed by atoms with van der Waals surface area (Å²) in [6.07, 6.45) is 0. The van der Waals surface area contributed by atoms with Gasteiger partial charge in [0.2, 0.25) is 0 Å². The lowest BCUT2D eigenvalue weighted by atomic mass is 10.2. The van der Waals surface area contributed by atoms with Crippen molar-refractivity contribution in [3.63, 3.8) is 0 Å². The smallest absolute Gasteiger partial charge is 0.317 e. The van der Waals surface area contributed by atoms with Gasteiger partial charge in [-0.25, -0.2) is 4.79 Å². The third kappa shape index (κ3) is 4.30. The summed E-state index contributed by atoms with van der Waals surface area (Å²) >= 11 is 4.94. The van der Waals surface area contributed by atoms with Crippen LogP contribution in [0.15, 0.2) is 15.2 Å². The summed E-state index contributed by atoms with van der Waals surface area (Å²) in [6, 6.07) is 1.65. The van der Waals surface area contributed by atoms with Gasteiger partial charge in [0.25, 0.3) is 0 Å². The fourth-order valence-electron chi connectivity index (χ4n) is 1.32. The van der Waals surface area contributed by atoms with Gasteiger partial charge in [-0.2, -0.15) is 0 Å². The molecule has 0 bridgehead atoms. The quantitative estimate of drug-likeness (QED) is 0.868. The molecule has 0 fully saturated rings. The van der Waals surface area contributed by atoms with Gasteiger partial charge in [0.05, 0.1) is 9.70 Å². The topological polar surface area (TPSA) is 69.6 Å². The second-order valence-corrected chi connectivity index (χ2v) is 6.23. The molecule has 7 heteroatoms. The Balaban J connectivity index is 2.41. The van der Waals surface area contributed by atoms with Gasteiger partial charge in [-0.05, 0) is 32.9 Å². The number of carbonyl (C=O) groups excluding carboxylic acids is 1. The third-order valence-electron chi connectivity index (χ3n) is 2.44. The molecule has 0 aliphatic carbocycles. The van der Waals surface area contributed by atoms with Crippen LogP contribution in [0, 0.1) is 5.92 Å². The van der Waals surface area contributed by atoms with Gasteiger partial charge in [-0.1, -0.05) is 6.92 Å². The molecular formula is C11H15BrN2O3S. The fraction of sp³-hybridized carbons (Fsp3) is 0.455. The van der Waals surface area contributed by atoms with Gasteiger partial charge in [0.15, 0.2) is 0 Å². The van der Waals surface area contributed by atoms with Crippen LogP contribution in [0.25, 0.3) is 0 Å². The van der Waals surface area contributed by atoms with E-state index in [0.29, 0.717) is 6.54 Å². The monoisotopic (exact) mass is 334 g/mol. The van der Waals surface area contributed by atoms with E-state index in [9.17, 15) is 9.59 Å². The second-order valence-electron chi connectivity index (χ2n) is 4.00. The van der Waals surface area contributed by atoms with Crippen molar-refractivity contribution in [1.29, 1.82) is 0 Å². The minimum atomic E-state index is -0.907. The van der Waals surface area contributed by atoms with Crippen LogP contribution < -0.4 is 5.32 Å². The predicted octanol–water partition coefficient (Wildman–Crippen LogP) is 2.37. The first-order valence-corrected chi connectivity index (χ1v) is 7.02. The summed E-state index contributed by atoms with van der Waals surface area (Å²) in [5, 5.41) is 13.4. The van der Waals surface area contributed by atoms with Crippen molar-refractivity contribution in [1.82, 2.24) is 10.2 Å². The van der Waals surface area contributed by atoms with E-state index in [0.717, 1.165) is 9.35 Å². The Morgan fingerprint density at radius 3 is 2.78 bits per heavy atom. The summed E-state index contributed by atoms with van der Waals surface area (Å²) < 4.78 is 0.990. The molecule has 1 atom stereocenters. The molecule has 0 saturated carbocycles. The van der Waals surface area contributed by atoms with Crippen molar-refractivity contribution in [3.05, 3.63) is 20.8 Å². The number of carbonyl (C=O) groups is 2.